The van der Waals surface area contributed by atoms with Crippen LogP contribution in [0.25, 0.3) is 0 Å². The highest BCUT2D eigenvalue weighted by Gasteiger charge is 2.31. The number of aromatic nitrogens is 2. The molecule has 0 aliphatic heterocycles. The number of aromatic amines is 1. The predicted octanol–water partition coefficient (Wildman–Crippen LogP) is 3.30. The summed E-state index contributed by atoms with van der Waals surface area (Å²) in [5, 5.41) is 80.4. The molecular formula is C23H28N9O15+. The number of hydrogen-bond donors (Lipinski definition) is 3. The molecule has 2 aromatic carbocycles. The number of nitro benzene ring substituents is 6. The number of aromatic hydroxyl groups is 2. The van der Waals surface area contributed by atoms with Gasteiger partial charge in [0.1, 0.15) is 6.54 Å². The number of hydrogen-bond acceptors (Lipinski definition) is 16. The highest BCUT2D eigenvalue weighted by molar-refractivity contribution is 5.65. The van der Waals surface area contributed by atoms with E-state index in [0.29, 0.717) is 24.3 Å². The van der Waals surface area contributed by atoms with Crippen molar-refractivity contribution < 1.29 is 49.0 Å². The molecule has 0 saturated carbocycles. The molecule has 254 valence electrons. The van der Waals surface area contributed by atoms with Crippen LogP contribution < -0.4 is 0 Å². The highest BCUT2D eigenvalue weighted by Crippen LogP contribution is 2.40. The quantitative estimate of drug-likeness (QED) is 0.102. The van der Waals surface area contributed by atoms with Gasteiger partial charge in [0.15, 0.2) is 0 Å². The van der Waals surface area contributed by atoms with Crippen molar-refractivity contribution in [1.82, 2.24) is 9.97 Å². The molecule has 0 atom stereocenters. The van der Waals surface area contributed by atoms with Crippen molar-refractivity contribution >= 4 is 34.1 Å². The number of nitro groups is 6. The molecule has 3 rings (SSSR count). The summed E-state index contributed by atoms with van der Waals surface area (Å²) >= 11 is 0. The molecule has 3 aromatic rings. The topological polar surface area (TPSA) is 337 Å². The highest BCUT2D eigenvalue weighted by atomic mass is 16.7. The van der Waals surface area contributed by atoms with Gasteiger partial charge in [0.2, 0.25) is 0 Å². The maximum Gasteiger partial charge on any atom is 0.324 e. The lowest BCUT2D eigenvalue weighted by atomic mass is 10.2. The van der Waals surface area contributed by atoms with Crippen LogP contribution in [0.1, 0.15) is 12.1 Å². The first kappa shape index (κ1) is 38.6. The van der Waals surface area contributed by atoms with Gasteiger partial charge in [-0.1, -0.05) is 0 Å². The first-order valence-electron chi connectivity index (χ1n) is 12.7. The van der Waals surface area contributed by atoms with Crippen LogP contribution >= 0.6 is 0 Å². The second kappa shape index (κ2) is 17.2. The van der Waals surface area contributed by atoms with Crippen LogP contribution in [0.15, 0.2) is 36.8 Å². The van der Waals surface area contributed by atoms with E-state index in [1.807, 2.05) is 6.20 Å². The van der Waals surface area contributed by atoms with Crippen molar-refractivity contribution in [3.63, 3.8) is 0 Å². The van der Waals surface area contributed by atoms with Gasteiger partial charge in [0.05, 0.1) is 87.9 Å². The predicted molar refractivity (Wildman–Crippen MR) is 157 cm³/mol. The summed E-state index contributed by atoms with van der Waals surface area (Å²) in [6, 6.07) is 1.79. The summed E-state index contributed by atoms with van der Waals surface area (Å²) < 4.78 is 6.52. The van der Waals surface area contributed by atoms with E-state index in [1.54, 1.807) is 6.33 Å². The Kier molecular flexibility index (Phi) is 14.1. The van der Waals surface area contributed by atoms with Crippen LogP contribution in [0.3, 0.4) is 0 Å². The molecule has 3 N–H and O–H groups in total. The number of likely N-dealkylation sites (N-methyl/N-ethyl adjacent to an activating group) is 1. The van der Waals surface area contributed by atoms with Crippen molar-refractivity contribution in [2.45, 2.75) is 12.8 Å². The number of rotatable bonds is 13. The summed E-state index contributed by atoms with van der Waals surface area (Å²) in [6.45, 7) is 2.73. The Hall–Kier alpha value is -6.43. The molecule has 1 heterocycles. The number of benzene rings is 2. The molecule has 0 aliphatic rings. The van der Waals surface area contributed by atoms with Gasteiger partial charge in [-0.15, -0.1) is 0 Å². The number of nitrogens with one attached hydrogen (secondary N) is 1. The molecule has 47 heavy (non-hydrogen) atoms. The molecule has 0 fully saturated rings. The number of ether oxygens (including phenoxy) is 1. The van der Waals surface area contributed by atoms with Crippen LogP contribution in [0.5, 0.6) is 11.5 Å². The average molecular weight is 671 g/mol. The lowest BCUT2D eigenvalue weighted by molar-refractivity contribution is -0.870. The fourth-order valence-corrected chi connectivity index (χ4v) is 3.17. The first-order chi connectivity index (χ1) is 21.8. The van der Waals surface area contributed by atoms with E-state index in [2.05, 4.69) is 31.1 Å². The molecule has 0 spiro atoms. The van der Waals surface area contributed by atoms with Crippen molar-refractivity contribution in [2.75, 3.05) is 40.9 Å². The molecule has 0 bridgehead atoms. The van der Waals surface area contributed by atoms with Gasteiger partial charge in [-0.3, -0.25) is 60.7 Å². The van der Waals surface area contributed by atoms with Crippen LogP contribution in [0.4, 0.5) is 34.1 Å². The van der Waals surface area contributed by atoms with Gasteiger partial charge in [-0.25, -0.2) is 4.98 Å². The molecular weight excluding hydrogens is 642 g/mol. The maximum absolute atomic E-state index is 10.4. The Balaban J connectivity index is 0.000000353. The molecule has 0 amide bonds. The monoisotopic (exact) mass is 670 g/mol. The fourth-order valence-electron chi connectivity index (χ4n) is 3.17. The Labute approximate surface area is 261 Å². The largest absolute Gasteiger partial charge is 0.497 e. The second-order valence-electron chi connectivity index (χ2n) is 10.0. The van der Waals surface area contributed by atoms with Gasteiger partial charge in [-0.05, 0) is 12.8 Å². The standard InChI is InChI=1S/C11H22N3O.2C6H3N3O7/c1-14(2,3)6-8-15-7-4-5-11-9-12-10-13-11;2*10-6-4(8(13)14)1-3(7(11)12)2-5(6)9(15)16/h9-10H,4-8H2,1-3H3,(H,12,13);2*1-2,10H/q+1;;. The average Bonchev–Trinajstić information content (AvgIpc) is 3.48. The number of non-ortho nitro benzene ring substituents is 2. The third-order valence-electron chi connectivity index (χ3n) is 5.51. The van der Waals surface area contributed by atoms with Crippen LogP contribution in [0, 0.1) is 60.7 Å². The Morgan fingerprint density at radius 2 is 1.06 bits per heavy atom. The lowest BCUT2D eigenvalue weighted by Gasteiger charge is -2.23. The SMILES string of the molecule is C[N+](C)(C)CCOCCCc1cnc[nH]1.O=[N+]([O-])c1cc([N+](=O)[O-])c(O)c([N+](=O)[O-])c1.O=[N+]([O-])c1cc([N+](=O)[O-])c(O)c([N+](=O)[O-])c1. The van der Waals surface area contributed by atoms with Gasteiger partial charge in [0, 0.05) is 18.5 Å². The van der Waals surface area contributed by atoms with E-state index < -0.39 is 75.2 Å². The third kappa shape index (κ3) is 12.6. The van der Waals surface area contributed by atoms with Crippen molar-refractivity contribution in [3.8, 4) is 11.5 Å². The zero-order chi connectivity index (χ0) is 36.1. The number of nitrogens with zero attached hydrogens (tertiary/aromatic N) is 8. The number of phenolic OH excluding ortho intramolecular Hbond substituents is 2. The molecule has 1 aromatic heterocycles. The molecule has 0 unspecified atom stereocenters. The van der Waals surface area contributed by atoms with Crippen molar-refractivity contribution in [3.05, 3.63) is 103 Å². The zero-order valence-corrected chi connectivity index (χ0v) is 24.8. The summed E-state index contributed by atoms with van der Waals surface area (Å²) in [5.41, 5.74) is -4.82. The Bertz CT molecular complexity index is 1460. The Morgan fingerprint density at radius 3 is 1.34 bits per heavy atom. The lowest BCUT2D eigenvalue weighted by Crippen LogP contribution is -2.37. The molecule has 24 heteroatoms. The van der Waals surface area contributed by atoms with E-state index in [-0.39, 0.29) is 0 Å². The minimum Gasteiger partial charge on any atom is -0.497 e. The van der Waals surface area contributed by atoms with E-state index in [9.17, 15) is 60.7 Å². The molecule has 0 saturated heterocycles. The van der Waals surface area contributed by atoms with Gasteiger partial charge >= 0.3 is 22.7 Å². The number of quaternary nitrogens is 1. The number of aryl methyl sites for hydroxylation is 1. The van der Waals surface area contributed by atoms with E-state index in [4.69, 9.17) is 14.9 Å². The van der Waals surface area contributed by atoms with Gasteiger partial charge in [-0.2, -0.15) is 0 Å². The number of phenols is 2. The smallest absolute Gasteiger partial charge is 0.324 e. The molecule has 0 aliphatic carbocycles. The van der Waals surface area contributed by atoms with Gasteiger partial charge < -0.3 is 24.4 Å². The zero-order valence-electron chi connectivity index (χ0n) is 24.8. The van der Waals surface area contributed by atoms with E-state index in [1.165, 1.54) is 5.69 Å². The summed E-state index contributed by atoms with van der Waals surface area (Å²) in [7, 11) is 6.52. The molecule has 0 radical (unpaired) electrons. The van der Waals surface area contributed by atoms with Crippen LogP contribution in [0.2, 0.25) is 0 Å². The third-order valence-corrected chi connectivity index (χ3v) is 5.51. The van der Waals surface area contributed by atoms with Crippen molar-refractivity contribution in [2.24, 2.45) is 0 Å². The first-order valence-corrected chi connectivity index (χ1v) is 12.7. The second-order valence-corrected chi connectivity index (χ2v) is 10.0. The van der Waals surface area contributed by atoms with Crippen LogP contribution in [-0.2, 0) is 11.2 Å². The normalized spacial score (nSPS) is 10.4. The number of imidazole rings is 1. The maximum atomic E-state index is 10.4. The minimum atomic E-state index is -1.21. The fraction of sp³-hybridized carbons (Fsp3) is 0.348. The summed E-state index contributed by atoms with van der Waals surface area (Å²) in [5.74, 6) is -2.42. The van der Waals surface area contributed by atoms with Crippen molar-refractivity contribution in [1.29, 1.82) is 0 Å². The Morgan fingerprint density at radius 1 is 0.681 bits per heavy atom. The number of H-pyrrole nitrogens is 1. The van der Waals surface area contributed by atoms with Gasteiger partial charge in [0.25, 0.3) is 22.9 Å². The minimum absolute atomic E-state index is 0.447. The van der Waals surface area contributed by atoms with Crippen LogP contribution in [-0.4, -0.2) is 95.1 Å². The molecule has 24 nitrogen and oxygen atoms in total. The summed E-state index contributed by atoms with van der Waals surface area (Å²) in [6.07, 6.45) is 5.66. The van der Waals surface area contributed by atoms with E-state index in [0.717, 1.165) is 37.1 Å². The summed E-state index contributed by atoms with van der Waals surface area (Å²) in [4.78, 5) is 62.6. The van der Waals surface area contributed by atoms with E-state index >= 15 is 0 Å².